The van der Waals surface area contributed by atoms with E-state index in [1.807, 2.05) is 0 Å². The predicted octanol–water partition coefficient (Wildman–Crippen LogP) is 0.843. The molecular weight excluding hydrogens is 242 g/mol. The van der Waals surface area contributed by atoms with Crippen molar-refractivity contribution in [3.63, 3.8) is 0 Å². The molecule has 0 saturated carbocycles. The molecule has 5 nitrogen and oxygen atoms in total. The summed E-state index contributed by atoms with van der Waals surface area (Å²) in [5.74, 6) is 1.31. The molecule has 1 aliphatic rings. The van der Waals surface area contributed by atoms with Crippen LogP contribution in [-0.4, -0.2) is 33.1 Å². The van der Waals surface area contributed by atoms with Crippen LogP contribution in [0.25, 0.3) is 0 Å². The molecule has 0 spiro atoms. The van der Waals surface area contributed by atoms with E-state index < -0.39 is 9.84 Å². The number of nitrogens with two attached hydrogens (primary N) is 1. The summed E-state index contributed by atoms with van der Waals surface area (Å²) in [6, 6.07) is 5.04. The molecule has 0 bridgehead atoms. The van der Waals surface area contributed by atoms with Gasteiger partial charge < -0.3 is 15.2 Å². The Bertz CT molecular complexity index is 512. The van der Waals surface area contributed by atoms with Crippen molar-refractivity contribution in [3.05, 3.63) is 18.2 Å². The SMILES string of the molecule is COc1cc(N)ccc1OC1CCS(=O)(=O)C1. The fraction of sp³-hybridized carbons (Fsp3) is 0.455. The molecule has 0 radical (unpaired) electrons. The first-order chi connectivity index (χ1) is 8.00. The first-order valence-electron chi connectivity index (χ1n) is 5.31. The van der Waals surface area contributed by atoms with E-state index in [0.29, 0.717) is 23.6 Å². The quantitative estimate of drug-likeness (QED) is 0.812. The lowest BCUT2D eigenvalue weighted by atomic mass is 10.2. The number of hydrogen-bond donors (Lipinski definition) is 1. The summed E-state index contributed by atoms with van der Waals surface area (Å²) in [6.45, 7) is 0. The molecule has 94 valence electrons. The first-order valence-corrected chi connectivity index (χ1v) is 7.13. The second-order valence-corrected chi connectivity index (χ2v) is 6.28. The Morgan fingerprint density at radius 3 is 2.71 bits per heavy atom. The van der Waals surface area contributed by atoms with Crippen LogP contribution < -0.4 is 15.2 Å². The van der Waals surface area contributed by atoms with E-state index in [-0.39, 0.29) is 17.6 Å². The van der Waals surface area contributed by atoms with Crippen molar-refractivity contribution in [2.45, 2.75) is 12.5 Å². The fourth-order valence-electron chi connectivity index (χ4n) is 1.81. The van der Waals surface area contributed by atoms with E-state index in [1.54, 1.807) is 18.2 Å². The molecule has 6 heteroatoms. The molecule has 0 amide bonds. The summed E-state index contributed by atoms with van der Waals surface area (Å²) >= 11 is 0. The molecule has 1 aromatic carbocycles. The smallest absolute Gasteiger partial charge is 0.162 e. The van der Waals surface area contributed by atoms with Gasteiger partial charge in [-0.15, -0.1) is 0 Å². The van der Waals surface area contributed by atoms with Gasteiger partial charge in [0.15, 0.2) is 21.3 Å². The Labute approximate surface area is 100 Å². The normalized spacial score (nSPS) is 22.3. The molecule has 1 saturated heterocycles. The third kappa shape index (κ3) is 2.82. The first kappa shape index (κ1) is 12.0. The predicted molar refractivity (Wildman–Crippen MR) is 65.1 cm³/mol. The Balaban J connectivity index is 2.14. The third-order valence-corrected chi connectivity index (χ3v) is 4.41. The molecule has 2 N–H and O–H groups in total. The number of rotatable bonds is 3. The van der Waals surface area contributed by atoms with E-state index in [1.165, 1.54) is 7.11 Å². The fourth-order valence-corrected chi connectivity index (χ4v) is 3.40. The van der Waals surface area contributed by atoms with E-state index in [0.717, 1.165) is 0 Å². The average molecular weight is 257 g/mol. The molecule has 1 fully saturated rings. The number of ether oxygens (including phenoxy) is 2. The minimum absolute atomic E-state index is 0.0700. The van der Waals surface area contributed by atoms with Gasteiger partial charge in [0, 0.05) is 11.8 Å². The zero-order chi connectivity index (χ0) is 12.5. The number of methoxy groups -OCH3 is 1. The molecule has 1 aromatic rings. The summed E-state index contributed by atoms with van der Waals surface area (Å²) in [7, 11) is -1.41. The van der Waals surface area contributed by atoms with E-state index >= 15 is 0 Å². The minimum Gasteiger partial charge on any atom is -0.493 e. The van der Waals surface area contributed by atoms with Crippen LogP contribution in [0.2, 0.25) is 0 Å². The summed E-state index contributed by atoms with van der Waals surface area (Å²) in [5, 5.41) is 0. The average Bonchev–Trinajstić information content (AvgIpc) is 2.61. The lowest BCUT2D eigenvalue weighted by molar-refractivity contribution is 0.218. The Morgan fingerprint density at radius 1 is 1.35 bits per heavy atom. The van der Waals surface area contributed by atoms with Crippen LogP contribution in [0.5, 0.6) is 11.5 Å². The van der Waals surface area contributed by atoms with Crippen molar-refractivity contribution in [3.8, 4) is 11.5 Å². The van der Waals surface area contributed by atoms with Crippen LogP contribution in [-0.2, 0) is 9.84 Å². The van der Waals surface area contributed by atoms with Gasteiger partial charge in [-0.05, 0) is 18.6 Å². The molecule has 1 atom stereocenters. The van der Waals surface area contributed by atoms with Gasteiger partial charge in [-0.3, -0.25) is 0 Å². The van der Waals surface area contributed by atoms with Gasteiger partial charge in [0.05, 0.1) is 18.6 Å². The highest BCUT2D eigenvalue weighted by molar-refractivity contribution is 7.91. The van der Waals surface area contributed by atoms with Gasteiger partial charge in [0.1, 0.15) is 6.10 Å². The minimum atomic E-state index is -2.93. The zero-order valence-corrected chi connectivity index (χ0v) is 10.4. The van der Waals surface area contributed by atoms with Crippen LogP contribution in [0, 0.1) is 0 Å². The highest BCUT2D eigenvalue weighted by Crippen LogP contribution is 2.31. The molecule has 1 aliphatic heterocycles. The lowest BCUT2D eigenvalue weighted by Crippen LogP contribution is -2.18. The largest absolute Gasteiger partial charge is 0.493 e. The Kier molecular flexibility index (Phi) is 3.15. The second-order valence-electron chi connectivity index (χ2n) is 4.05. The van der Waals surface area contributed by atoms with Crippen LogP contribution >= 0.6 is 0 Å². The van der Waals surface area contributed by atoms with Crippen LogP contribution in [0.3, 0.4) is 0 Å². The number of benzene rings is 1. The van der Waals surface area contributed by atoms with E-state index in [9.17, 15) is 8.42 Å². The van der Waals surface area contributed by atoms with Crippen molar-refractivity contribution < 1.29 is 17.9 Å². The number of nitrogen functional groups attached to an aromatic ring is 1. The standard InChI is InChI=1S/C11H15NO4S/c1-15-11-6-8(12)2-3-10(11)16-9-4-5-17(13,14)7-9/h2-3,6,9H,4-5,7,12H2,1H3. The van der Waals surface area contributed by atoms with Gasteiger partial charge in [0.25, 0.3) is 0 Å². The lowest BCUT2D eigenvalue weighted by Gasteiger charge is -2.15. The van der Waals surface area contributed by atoms with Gasteiger partial charge in [-0.2, -0.15) is 0 Å². The summed E-state index contributed by atoms with van der Waals surface area (Å²) in [4.78, 5) is 0. The molecule has 2 rings (SSSR count). The monoisotopic (exact) mass is 257 g/mol. The van der Waals surface area contributed by atoms with Crippen molar-refractivity contribution in [1.29, 1.82) is 0 Å². The molecule has 0 aromatic heterocycles. The maximum Gasteiger partial charge on any atom is 0.162 e. The van der Waals surface area contributed by atoms with Crippen LogP contribution in [0.15, 0.2) is 18.2 Å². The molecular formula is C11H15NO4S. The van der Waals surface area contributed by atoms with Crippen LogP contribution in [0.1, 0.15) is 6.42 Å². The maximum atomic E-state index is 11.3. The van der Waals surface area contributed by atoms with Gasteiger partial charge in [0.2, 0.25) is 0 Å². The number of hydrogen-bond acceptors (Lipinski definition) is 5. The number of sulfone groups is 1. The third-order valence-electron chi connectivity index (χ3n) is 2.67. The van der Waals surface area contributed by atoms with E-state index in [4.69, 9.17) is 15.2 Å². The van der Waals surface area contributed by atoms with Crippen molar-refractivity contribution >= 4 is 15.5 Å². The summed E-state index contributed by atoms with van der Waals surface area (Å²) < 4.78 is 33.4. The van der Waals surface area contributed by atoms with Crippen molar-refractivity contribution in [1.82, 2.24) is 0 Å². The molecule has 1 heterocycles. The Morgan fingerprint density at radius 2 is 2.12 bits per heavy atom. The van der Waals surface area contributed by atoms with Crippen molar-refractivity contribution in [2.75, 3.05) is 24.3 Å². The van der Waals surface area contributed by atoms with E-state index in [2.05, 4.69) is 0 Å². The van der Waals surface area contributed by atoms with Gasteiger partial charge in [-0.1, -0.05) is 0 Å². The molecule has 1 unspecified atom stereocenters. The maximum absolute atomic E-state index is 11.3. The van der Waals surface area contributed by atoms with Gasteiger partial charge >= 0.3 is 0 Å². The summed E-state index contributed by atoms with van der Waals surface area (Å²) in [5.41, 5.74) is 6.20. The summed E-state index contributed by atoms with van der Waals surface area (Å²) in [6.07, 6.45) is 0.230. The Hall–Kier alpha value is -1.43. The number of anilines is 1. The molecule has 0 aliphatic carbocycles. The zero-order valence-electron chi connectivity index (χ0n) is 9.55. The van der Waals surface area contributed by atoms with Gasteiger partial charge in [-0.25, -0.2) is 8.42 Å². The highest BCUT2D eigenvalue weighted by Gasteiger charge is 2.29. The highest BCUT2D eigenvalue weighted by atomic mass is 32.2. The second kappa shape index (κ2) is 4.44. The van der Waals surface area contributed by atoms with Crippen molar-refractivity contribution in [2.24, 2.45) is 0 Å². The topological polar surface area (TPSA) is 78.6 Å². The van der Waals surface area contributed by atoms with Crippen LogP contribution in [0.4, 0.5) is 5.69 Å². The molecule has 17 heavy (non-hydrogen) atoms.